The van der Waals surface area contributed by atoms with Gasteiger partial charge in [0.25, 0.3) is 11.8 Å². The number of carbonyl (C=O) groups excluding carboxylic acids is 2. The lowest BCUT2D eigenvalue weighted by Crippen LogP contribution is -2.70. The third-order valence-electron chi connectivity index (χ3n) is 6.23. The number of carbonyl (C=O) groups is 3. The Balaban J connectivity index is 2.40. The summed E-state index contributed by atoms with van der Waals surface area (Å²) in [5.41, 5.74) is 0.0942. The summed E-state index contributed by atoms with van der Waals surface area (Å²) in [7, 11) is 0. The number of amides is 3. The van der Waals surface area contributed by atoms with Gasteiger partial charge in [-0.1, -0.05) is 27.2 Å². The van der Waals surface area contributed by atoms with Gasteiger partial charge in [0.2, 0.25) is 0 Å². The van der Waals surface area contributed by atoms with Crippen molar-refractivity contribution in [1.82, 2.24) is 15.1 Å². The Labute approximate surface area is 197 Å². The molecule has 1 aliphatic rings. The normalized spacial score (nSPS) is 20.4. The molecule has 3 N–H and O–H groups in total. The monoisotopic (exact) mass is 461 g/mol. The first-order valence-corrected chi connectivity index (χ1v) is 12.1. The van der Waals surface area contributed by atoms with Crippen molar-refractivity contribution in [1.29, 1.82) is 0 Å². The van der Waals surface area contributed by atoms with Crippen molar-refractivity contribution in [3.8, 4) is 0 Å². The standard InChI is InChI=1S/C25H39N3O5/c1-5-8-11-25(21(29)10-9-14-28(25)24(32)33)26-22(30)19-15-18(4)16-20(17-19)23(31)27(12-6-2)13-7-3/h15-17,21,29H,5-14H2,1-4H3,(H,26,30)(H,32,33). The minimum absolute atomic E-state index is 0.123. The molecule has 0 bridgehead atoms. The second kappa shape index (κ2) is 12.0. The fourth-order valence-corrected chi connectivity index (χ4v) is 4.63. The average molecular weight is 462 g/mol. The molecule has 1 fully saturated rings. The summed E-state index contributed by atoms with van der Waals surface area (Å²) in [6.45, 7) is 9.37. The van der Waals surface area contributed by atoms with Crippen LogP contribution in [0.3, 0.4) is 0 Å². The van der Waals surface area contributed by atoms with Crippen molar-refractivity contribution in [2.75, 3.05) is 19.6 Å². The van der Waals surface area contributed by atoms with Gasteiger partial charge >= 0.3 is 6.09 Å². The first-order valence-electron chi connectivity index (χ1n) is 12.1. The van der Waals surface area contributed by atoms with Gasteiger partial charge in [-0.25, -0.2) is 4.79 Å². The predicted molar refractivity (Wildman–Crippen MR) is 127 cm³/mol. The number of piperidine rings is 1. The van der Waals surface area contributed by atoms with E-state index in [9.17, 15) is 24.6 Å². The third kappa shape index (κ3) is 6.25. The number of carboxylic acid groups (broad SMARTS) is 1. The maximum Gasteiger partial charge on any atom is 0.409 e. The van der Waals surface area contributed by atoms with Crippen LogP contribution in [0.15, 0.2) is 18.2 Å². The highest BCUT2D eigenvalue weighted by Crippen LogP contribution is 2.32. The summed E-state index contributed by atoms with van der Waals surface area (Å²) < 4.78 is 0. The van der Waals surface area contributed by atoms with Crippen molar-refractivity contribution >= 4 is 17.9 Å². The van der Waals surface area contributed by atoms with E-state index in [0.29, 0.717) is 44.3 Å². The van der Waals surface area contributed by atoms with E-state index < -0.39 is 23.8 Å². The van der Waals surface area contributed by atoms with Crippen molar-refractivity contribution in [3.05, 3.63) is 34.9 Å². The van der Waals surface area contributed by atoms with Crippen molar-refractivity contribution in [2.45, 2.75) is 84.4 Å². The average Bonchev–Trinajstić information content (AvgIpc) is 2.78. The van der Waals surface area contributed by atoms with Gasteiger partial charge in [0, 0.05) is 30.8 Å². The van der Waals surface area contributed by atoms with E-state index in [1.54, 1.807) is 23.1 Å². The molecule has 8 nitrogen and oxygen atoms in total. The molecule has 184 valence electrons. The molecule has 33 heavy (non-hydrogen) atoms. The Morgan fingerprint density at radius 3 is 2.30 bits per heavy atom. The lowest BCUT2D eigenvalue weighted by Gasteiger charge is -2.49. The Hall–Kier alpha value is -2.61. The van der Waals surface area contributed by atoms with Crippen molar-refractivity contribution < 1.29 is 24.6 Å². The molecule has 0 aromatic heterocycles. The summed E-state index contributed by atoms with van der Waals surface area (Å²) in [6, 6.07) is 5.02. The molecule has 1 heterocycles. The van der Waals surface area contributed by atoms with E-state index >= 15 is 0 Å². The molecule has 2 atom stereocenters. The van der Waals surface area contributed by atoms with Gasteiger partial charge in [0.05, 0.1) is 6.10 Å². The molecule has 2 unspecified atom stereocenters. The first-order chi connectivity index (χ1) is 15.7. The number of nitrogens with one attached hydrogen (secondary N) is 1. The molecule has 8 heteroatoms. The number of hydrogen-bond acceptors (Lipinski definition) is 4. The number of likely N-dealkylation sites (tertiary alicyclic amines) is 1. The summed E-state index contributed by atoms with van der Waals surface area (Å²) in [5, 5.41) is 23.5. The molecule has 1 aromatic rings. The molecule has 0 aliphatic carbocycles. The molecule has 1 aliphatic heterocycles. The van der Waals surface area contributed by atoms with Crippen molar-refractivity contribution in [3.63, 3.8) is 0 Å². The number of benzene rings is 1. The first kappa shape index (κ1) is 26.6. The zero-order valence-corrected chi connectivity index (χ0v) is 20.4. The SMILES string of the molecule is CCCCC1(NC(=O)c2cc(C)cc(C(=O)N(CCC)CCC)c2)C(O)CCCN1C(=O)O. The summed E-state index contributed by atoms with van der Waals surface area (Å²) >= 11 is 0. The van der Waals surface area contributed by atoms with E-state index in [-0.39, 0.29) is 18.0 Å². The fraction of sp³-hybridized carbons (Fsp3) is 0.640. The minimum atomic E-state index is -1.39. The lowest BCUT2D eigenvalue weighted by molar-refractivity contribution is -0.0722. The lowest BCUT2D eigenvalue weighted by atomic mass is 9.87. The molecular formula is C25H39N3O5. The molecule has 0 saturated carbocycles. The third-order valence-corrected chi connectivity index (χ3v) is 6.23. The van der Waals surface area contributed by atoms with Crippen LogP contribution in [0, 0.1) is 6.92 Å². The Kier molecular flexibility index (Phi) is 9.70. The number of unbranched alkanes of at least 4 members (excludes halogenated alkanes) is 1. The highest BCUT2D eigenvalue weighted by atomic mass is 16.4. The summed E-state index contributed by atoms with van der Waals surface area (Å²) in [6.07, 6.45) is 2.23. The molecule has 1 aromatic carbocycles. The zero-order chi connectivity index (χ0) is 24.6. The largest absolute Gasteiger partial charge is 0.465 e. The van der Waals surface area contributed by atoms with E-state index in [0.717, 1.165) is 24.8 Å². The van der Waals surface area contributed by atoms with Crippen LogP contribution in [0.4, 0.5) is 4.79 Å². The van der Waals surface area contributed by atoms with E-state index in [4.69, 9.17) is 0 Å². The van der Waals surface area contributed by atoms with Crippen LogP contribution in [0.5, 0.6) is 0 Å². The van der Waals surface area contributed by atoms with Gasteiger partial charge in [0.1, 0.15) is 5.66 Å². The molecule has 2 rings (SSSR count). The fourth-order valence-electron chi connectivity index (χ4n) is 4.63. The van der Waals surface area contributed by atoms with Gasteiger partial charge in [-0.05, 0) is 69.2 Å². The number of aliphatic hydroxyl groups is 1. The predicted octanol–water partition coefficient (Wildman–Crippen LogP) is 4.01. The quantitative estimate of drug-likeness (QED) is 0.488. The molecule has 0 spiro atoms. The number of nitrogens with zero attached hydrogens (tertiary/aromatic N) is 2. The van der Waals surface area contributed by atoms with Crippen LogP contribution in [-0.4, -0.2) is 69.3 Å². The van der Waals surface area contributed by atoms with Crippen LogP contribution in [0.1, 0.15) is 92.0 Å². The molecule has 0 radical (unpaired) electrons. The molecule has 1 saturated heterocycles. The second-order valence-electron chi connectivity index (χ2n) is 8.95. The van der Waals surface area contributed by atoms with Gasteiger partial charge in [-0.3, -0.25) is 14.5 Å². The number of aliphatic hydroxyl groups excluding tert-OH is 1. The summed E-state index contributed by atoms with van der Waals surface area (Å²) in [4.78, 5) is 41.4. The Morgan fingerprint density at radius 2 is 1.73 bits per heavy atom. The Bertz CT molecular complexity index is 837. The van der Waals surface area contributed by atoms with E-state index in [1.165, 1.54) is 4.90 Å². The van der Waals surface area contributed by atoms with Crippen LogP contribution in [0.2, 0.25) is 0 Å². The smallest absolute Gasteiger partial charge is 0.409 e. The number of rotatable bonds is 10. The highest BCUT2D eigenvalue weighted by molar-refractivity contribution is 6.00. The topological polar surface area (TPSA) is 110 Å². The zero-order valence-electron chi connectivity index (χ0n) is 20.4. The maximum atomic E-state index is 13.4. The van der Waals surface area contributed by atoms with Crippen LogP contribution < -0.4 is 5.32 Å². The molecular weight excluding hydrogens is 422 g/mol. The van der Waals surface area contributed by atoms with Crippen molar-refractivity contribution in [2.24, 2.45) is 0 Å². The van der Waals surface area contributed by atoms with E-state index in [2.05, 4.69) is 5.32 Å². The van der Waals surface area contributed by atoms with Crippen LogP contribution in [0.25, 0.3) is 0 Å². The van der Waals surface area contributed by atoms with Gasteiger partial charge < -0.3 is 20.4 Å². The summed E-state index contributed by atoms with van der Waals surface area (Å²) in [5.74, 6) is -0.615. The highest BCUT2D eigenvalue weighted by Gasteiger charge is 2.49. The maximum absolute atomic E-state index is 13.4. The van der Waals surface area contributed by atoms with Gasteiger partial charge in [-0.15, -0.1) is 0 Å². The number of hydrogen-bond donors (Lipinski definition) is 3. The molecule has 3 amide bonds. The van der Waals surface area contributed by atoms with Gasteiger partial charge in [-0.2, -0.15) is 0 Å². The van der Waals surface area contributed by atoms with Crippen LogP contribution in [-0.2, 0) is 0 Å². The van der Waals surface area contributed by atoms with Gasteiger partial charge in [0.15, 0.2) is 0 Å². The van der Waals surface area contributed by atoms with E-state index in [1.807, 2.05) is 27.7 Å². The minimum Gasteiger partial charge on any atom is -0.465 e. The van der Waals surface area contributed by atoms with Crippen LogP contribution >= 0.6 is 0 Å². The second-order valence-corrected chi connectivity index (χ2v) is 8.95. The number of aryl methyl sites for hydroxylation is 1. The Morgan fingerprint density at radius 1 is 1.09 bits per heavy atom.